The first-order valence-electron chi connectivity index (χ1n) is 8.83. The van der Waals surface area contributed by atoms with Crippen LogP contribution in [0.4, 0.5) is 0 Å². The lowest BCUT2D eigenvalue weighted by atomic mass is 10.1. The van der Waals surface area contributed by atoms with E-state index >= 15 is 0 Å². The minimum atomic E-state index is 1.01. The number of pyridine rings is 1. The molecule has 0 unspecified atom stereocenters. The van der Waals surface area contributed by atoms with Crippen LogP contribution in [0.25, 0.3) is 38.8 Å². The van der Waals surface area contributed by atoms with Crippen LogP contribution < -0.4 is 0 Å². The molecule has 0 aliphatic rings. The fraction of sp³-hybridized carbons (Fsp3) is 0.0417. The van der Waals surface area contributed by atoms with Gasteiger partial charge in [0.15, 0.2) is 0 Å². The van der Waals surface area contributed by atoms with E-state index in [0.29, 0.717) is 0 Å². The smallest absolute Gasteiger partial charge is 0.0705 e. The van der Waals surface area contributed by atoms with Crippen molar-refractivity contribution in [2.24, 2.45) is 0 Å². The van der Waals surface area contributed by atoms with E-state index in [0.717, 1.165) is 16.9 Å². The number of benzene rings is 3. The van der Waals surface area contributed by atoms with Gasteiger partial charge < -0.3 is 4.57 Å². The predicted molar refractivity (Wildman–Crippen MR) is 109 cm³/mol. The molecule has 26 heavy (non-hydrogen) atoms. The minimum absolute atomic E-state index is 1.01. The van der Waals surface area contributed by atoms with Gasteiger partial charge in [-0.25, -0.2) is 0 Å². The molecule has 3 aromatic carbocycles. The van der Waals surface area contributed by atoms with E-state index in [2.05, 4.69) is 95.3 Å². The molecule has 0 saturated heterocycles. The summed E-state index contributed by atoms with van der Waals surface area (Å²) in [5.74, 6) is 0. The summed E-state index contributed by atoms with van der Waals surface area (Å²) >= 11 is 0. The molecule has 0 bridgehead atoms. The maximum absolute atomic E-state index is 4.55. The Kier molecular flexibility index (Phi) is 3.36. The highest BCUT2D eigenvalue weighted by atomic mass is 15.0. The topological polar surface area (TPSA) is 17.8 Å². The van der Waals surface area contributed by atoms with Crippen molar-refractivity contribution in [1.82, 2.24) is 9.55 Å². The van der Waals surface area contributed by atoms with Crippen LogP contribution in [0.15, 0.2) is 91.1 Å². The molecule has 2 aromatic heterocycles. The largest absolute Gasteiger partial charge is 0.309 e. The van der Waals surface area contributed by atoms with Crippen LogP contribution in [0.1, 0.15) is 5.56 Å². The molecule has 0 atom stereocenters. The van der Waals surface area contributed by atoms with Gasteiger partial charge in [-0.3, -0.25) is 4.98 Å². The van der Waals surface area contributed by atoms with Crippen molar-refractivity contribution < 1.29 is 0 Å². The third-order valence-electron chi connectivity index (χ3n) is 4.90. The van der Waals surface area contributed by atoms with Gasteiger partial charge in [-0.1, -0.05) is 48.5 Å². The normalized spacial score (nSPS) is 11.3. The van der Waals surface area contributed by atoms with Crippen molar-refractivity contribution in [1.29, 1.82) is 0 Å². The third-order valence-corrected chi connectivity index (χ3v) is 4.90. The van der Waals surface area contributed by atoms with Gasteiger partial charge in [-0.2, -0.15) is 0 Å². The van der Waals surface area contributed by atoms with Crippen LogP contribution in [0.3, 0.4) is 0 Å². The van der Waals surface area contributed by atoms with Crippen LogP contribution in [-0.2, 0) is 0 Å². The molecule has 0 radical (unpaired) electrons. The fourth-order valence-electron chi connectivity index (χ4n) is 3.70. The first-order valence-corrected chi connectivity index (χ1v) is 8.83. The molecule has 5 aromatic rings. The molecule has 0 N–H and O–H groups in total. The molecule has 0 spiro atoms. The first-order chi connectivity index (χ1) is 12.8. The van der Waals surface area contributed by atoms with Gasteiger partial charge in [-0.15, -0.1) is 0 Å². The second-order valence-electron chi connectivity index (χ2n) is 6.64. The maximum Gasteiger partial charge on any atom is 0.0705 e. The predicted octanol–water partition coefficient (Wildman–Crippen LogP) is 6.15. The highest BCUT2D eigenvalue weighted by Gasteiger charge is 2.12. The highest BCUT2D eigenvalue weighted by Crippen LogP contribution is 2.32. The molecule has 124 valence electrons. The van der Waals surface area contributed by atoms with Crippen molar-refractivity contribution in [3.05, 3.63) is 96.7 Å². The number of rotatable bonds is 2. The van der Waals surface area contributed by atoms with Gasteiger partial charge >= 0.3 is 0 Å². The molecule has 0 amide bonds. The van der Waals surface area contributed by atoms with Gasteiger partial charge in [-0.05, 0) is 48.9 Å². The van der Waals surface area contributed by atoms with Crippen LogP contribution in [-0.4, -0.2) is 9.55 Å². The Morgan fingerprint density at radius 1 is 0.692 bits per heavy atom. The monoisotopic (exact) mass is 334 g/mol. The summed E-state index contributed by atoms with van der Waals surface area (Å²) in [6.07, 6.45) is 1.87. The van der Waals surface area contributed by atoms with Crippen molar-refractivity contribution in [3.63, 3.8) is 0 Å². The second kappa shape index (κ2) is 5.85. The summed E-state index contributed by atoms with van der Waals surface area (Å²) in [5, 5.41) is 2.56. The fourth-order valence-corrected chi connectivity index (χ4v) is 3.70. The van der Waals surface area contributed by atoms with Gasteiger partial charge in [0.05, 0.1) is 16.7 Å². The summed E-state index contributed by atoms with van der Waals surface area (Å²) in [7, 11) is 0. The zero-order valence-corrected chi connectivity index (χ0v) is 14.6. The molecular weight excluding hydrogens is 316 g/mol. The number of fused-ring (bicyclic) bond motifs is 3. The second-order valence-corrected chi connectivity index (χ2v) is 6.64. The number of aromatic nitrogens is 2. The zero-order chi connectivity index (χ0) is 17.5. The van der Waals surface area contributed by atoms with E-state index in [1.165, 1.54) is 27.4 Å². The van der Waals surface area contributed by atoms with E-state index in [4.69, 9.17) is 0 Å². The quantitative estimate of drug-likeness (QED) is 0.378. The van der Waals surface area contributed by atoms with Crippen LogP contribution in [0.5, 0.6) is 0 Å². The van der Waals surface area contributed by atoms with Gasteiger partial charge in [0.25, 0.3) is 0 Å². The lowest BCUT2D eigenvalue weighted by Crippen LogP contribution is -1.94. The number of para-hydroxylation sites is 2. The minimum Gasteiger partial charge on any atom is -0.309 e. The Balaban J connectivity index is 1.79. The van der Waals surface area contributed by atoms with E-state index < -0.39 is 0 Å². The number of hydrogen-bond donors (Lipinski definition) is 0. The molecular formula is C24H18N2. The number of nitrogens with zero attached hydrogens (tertiary/aromatic N) is 2. The Hall–Kier alpha value is -3.39. The summed E-state index contributed by atoms with van der Waals surface area (Å²) in [6.45, 7) is 2.10. The Bertz CT molecular complexity index is 1190. The Morgan fingerprint density at radius 2 is 1.38 bits per heavy atom. The average Bonchev–Trinajstić information content (AvgIpc) is 3.03. The SMILES string of the molecule is Cc1ccnc(-c2cccc(-n3c4ccccc4c4ccccc43)c2)c1. The summed E-state index contributed by atoms with van der Waals surface area (Å²) in [5.41, 5.74) is 6.97. The zero-order valence-electron chi connectivity index (χ0n) is 14.6. The molecule has 0 fully saturated rings. The van der Waals surface area contributed by atoms with Crippen LogP contribution >= 0.6 is 0 Å². The molecule has 2 nitrogen and oxygen atoms in total. The van der Waals surface area contributed by atoms with Crippen molar-refractivity contribution in [3.8, 4) is 16.9 Å². The first kappa shape index (κ1) is 14.9. The van der Waals surface area contributed by atoms with Gasteiger partial charge in [0, 0.05) is 28.2 Å². The van der Waals surface area contributed by atoms with Crippen molar-refractivity contribution in [2.75, 3.05) is 0 Å². The third kappa shape index (κ3) is 2.31. The number of aryl methyl sites for hydroxylation is 1. The van der Waals surface area contributed by atoms with Crippen LogP contribution in [0, 0.1) is 6.92 Å². The molecule has 2 heterocycles. The standard InChI is InChI=1S/C24H18N2/c1-17-13-14-25-22(15-17)18-7-6-8-19(16-18)26-23-11-4-2-9-20(23)21-10-3-5-12-24(21)26/h2-16H,1H3. The van der Waals surface area contributed by atoms with E-state index in [-0.39, 0.29) is 0 Å². The lowest BCUT2D eigenvalue weighted by Gasteiger charge is -2.10. The summed E-state index contributed by atoms with van der Waals surface area (Å²) in [6, 6.07) is 30.0. The van der Waals surface area contributed by atoms with Crippen LogP contribution in [0.2, 0.25) is 0 Å². The molecule has 0 aliphatic carbocycles. The van der Waals surface area contributed by atoms with Crippen molar-refractivity contribution >= 4 is 21.8 Å². The van der Waals surface area contributed by atoms with Gasteiger partial charge in [0.1, 0.15) is 0 Å². The number of hydrogen-bond acceptors (Lipinski definition) is 1. The summed E-state index contributed by atoms with van der Waals surface area (Å²) in [4.78, 5) is 4.55. The van der Waals surface area contributed by atoms with E-state index in [1.54, 1.807) is 0 Å². The molecule has 0 saturated carbocycles. The molecule has 0 aliphatic heterocycles. The Morgan fingerprint density at radius 3 is 2.08 bits per heavy atom. The molecule has 5 rings (SSSR count). The Labute approximate surface area is 152 Å². The van der Waals surface area contributed by atoms with E-state index in [1.807, 2.05) is 12.3 Å². The van der Waals surface area contributed by atoms with Crippen molar-refractivity contribution in [2.45, 2.75) is 6.92 Å². The lowest BCUT2D eigenvalue weighted by molar-refractivity contribution is 1.18. The highest BCUT2D eigenvalue weighted by molar-refractivity contribution is 6.09. The maximum atomic E-state index is 4.55. The van der Waals surface area contributed by atoms with E-state index in [9.17, 15) is 0 Å². The van der Waals surface area contributed by atoms with Gasteiger partial charge in [0.2, 0.25) is 0 Å². The summed E-state index contributed by atoms with van der Waals surface area (Å²) < 4.78 is 2.34. The average molecular weight is 334 g/mol. The molecule has 2 heteroatoms.